The minimum absolute atomic E-state index is 0.215. The molecule has 2 saturated heterocycles. The Morgan fingerprint density at radius 3 is 2.35 bits per heavy atom. The van der Waals surface area contributed by atoms with Crippen molar-refractivity contribution < 1.29 is 9.90 Å². The Morgan fingerprint density at radius 2 is 1.65 bits per heavy atom. The fourth-order valence-electron chi connectivity index (χ4n) is 3.05. The van der Waals surface area contributed by atoms with Crippen LogP contribution in [-0.2, 0) is 4.79 Å². The molecule has 1 unspecified atom stereocenters. The van der Waals surface area contributed by atoms with E-state index in [2.05, 4.69) is 9.80 Å². The van der Waals surface area contributed by atoms with E-state index in [9.17, 15) is 9.90 Å². The first-order valence-electron chi connectivity index (χ1n) is 8.09. The molecule has 5 nitrogen and oxygen atoms in total. The average molecular weight is 283 g/mol. The Morgan fingerprint density at radius 1 is 1.00 bits per heavy atom. The van der Waals surface area contributed by atoms with Gasteiger partial charge in [-0.15, -0.1) is 0 Å². The van der Waals surface area contributed by atoms with Gasteiger partial charge in [-0.05, 0) is 38.8 Å². The largest absolute Gasteiger partial charge is 0.392 e. The van der Waals surface area contributed by atoms with Crippen molar-refractivity contribution in [1.82, 2.24) is 14.7 Å². The highest BCUT2D eigenvalue weighted by molar-refractivity contribution is 5.78. The molecular weight excluding hydrogens is 254 g/mol. The molecule has 2 aliphatic rings. The number of amides is 1. The van der Waals surface area contributed by atoms with E-state index in [1.807, 2.05) is 11.8 Å². The van der Waals surface area contributed by atoms with Crippen LogP contribution in [0.15, 0.2) is 0 Å². The van der Waals surface area contributed by atoms with Crippen LogP contribution in [0.2, 0.25) is 0 Å². The molecular formula is C15H29N3O2. The van der Waals surface area contributed by atoms with Crippen LogP contribution in [0.3, 0.4) is 0 Å². The third-order valence-corrected chi connectivity index (χ3v) is 4.44. The number of carbonyl (C=O) groups excluding carboxylic acids is 1. The quantitative estimate of drug-likeness (QED) is 0.793. The van der Waals surface area contributed by atoms with Crippen molar-refractivity contribution in [2.45, 2.75) is 38.7 Å². The number of β-amino-alcohol motifs (C(OH)–C–C–N with tert-alkyl or cyclic N) is 1. The van der Waals surface area contributed by atoms with Crippen LogP contribution >= 0.6 is 0 Å². The van der Waals surface area contributed by atoms with Gasteiger partial charge in [0.05, 0.1) is 12.6 Å². The molecule has 0 radical (unpaired) electrons. The molecule has 0 aliphatic carbocycles. The number of carbonyl (C=O) groups is 1. The van der Waals surface area contributed by atoms with Gasteiger partial charge in [-0.1, -0.05) is 6.92 Å². The number of aliphatic hydroxyl groups is 1. The minimum Gasteiger partial charge on any atom is -0.392 e. The van der Waals surface area contributed by atoms with Crippen LogP contribution in [0.25, 0.3) is 0 Å². The molecule has 0 aromatic heterocycles. The number of aliphatic hydroxyl groups excluding tert-OH is 1. The summed E-state index contributed by atoms with van der Waals surface area (Å²) < 4.78 is 0. The predicted octanol–water partition coefficient (Wildman–Crippen LogP) is 0.387. The van der Waals surface area contributed by atoms with Crippen molar-refractivity contribution in [2.75, 3.05) is 52.4 Å². The monoisotopic (exact) mass is 283 g/mol. The Balaban J connectivity index is 1.73. The molecule has 1 N–H and O–H groups in total. The SMILES string of the molecule is CCC(O)CN1CCCN(CC(=O)N2CCCC2)CC1. The van der Waals surface area contributed by atoms with E-state index in [0.717, 1.165) is 71.5 Å². The normalized spacial score (nSPS) is 23.8. The Hall–Kier alpha value is -0.650. The van der Waals surface area contributed by atoms with E-state index >= 15 is 0 Å². The van der Waals surface area contributed by atoms with Gasteiger partial charge in [-0.3, -0.25) is 14.6 Å². The van der Waals surface area contributed by atoms with Gasteiger partial charge < -0.3 is 10.0 Å². The first kappa shape index (κ1) is 15.7. The van der Waals surface area contributed by atoms with Gasteiger partial charge in [-0.25, -0.2) is 0 Å². The number of likely N-dealkylation sites (tertiary alicyclic amines) is 1. The molecule has 1 atom stereocenters. The maximum atomic E-state index is 12.2. The molecule has 0 aromatic rings. The van der Waals surface area contributed by atoms with E-state index < -0.39 is 0 Å². The molecule has 20 heavy (non-hydrogen) atoms. The summed E-state index contributed by atoms with van der Waals surface area (Å²) in [6.45, 7) is 9.19. The fraction of sp³-hybridized carbons (Fsp3) is 0.933. The number of rotatable bonds is 5. The maximum Gasteiger partial charge on any atom is 0.236 e. The molecule has 2 rings (SSSR count). The van der Waals surface area contributed by atoms with Gasteiger partial charge in [-0.2, -0.15) is 0 Å². The van der Waals surface area contributed by atoms with Crippen molar-refractivity contribution in [3.63, 3.8) is 0 Å². The highest BCUT2D eigenvalue weighted by Gasteiger charge is 2.22. The lowest BCUT2D eigenvalue weighted by atomic mass is 10.2. The topological polar surface area (TPSA) is 47.0 Å². The lowest BCUT2D eigenvalue weighted by molar-refractivity contribution is -0.131. The smallest absolute Gasteiger partial charge is 0.236 e. The van der Waals surface area contributed by atoms with Crippen molar-refractivity contribution in [3.05, 3.63) is 0 Å². The van der Waals surface area contributed by atoms with Crippen molar-refractivity contribution in [2.24, 2.45) is 0 Å². The van der Waals surface area contributed by atoms with Gasteiger partial charge in [0, 0.05) is 32.7 Å². The molecule has 1 amide bonds. The molecule has 0 aromatic carbocycles. The molecule has 0 bridgehead atoms. The maximum absolute atomic E-state index is 12.2. The molecule has 2 aliphatic heterocycles. The number of hydrogen-bond donors (Lipinski definition) is 1. The molecule has 2 fully saturated rings. The van der Waals surface area contributed by atoms with E-state index in [-0.39, 0.29) is 6.10 Å². The summed E-state index contributed by atoms with van der Waals surface area (Å²) in [6.07, 6.45) is 4.01. The zero-order valence-corrected chi connectivity index (χ0v) is 12.8. The van der Waals surface area contributed by atoms with Crippen LogP contribution in [0, 0.1) is 0 Å². The molecule has 0 saturated carbocycles. The van der Waals surface area contributed by atoms with Crippen LogP contribution in [0.5, 0.6) is 0 Å². The summed E-state index contributed by atoms with van der Waals surface area (Å²) in [6, 6.07) is 0. The first-order chi connectivity index (χ1) is 9.69. The summed E-state index contributed by atoms with van der Waals surface area (Å²) in [7, 11) is 0. The van der Waals surface area contributed by atoms with E-state index in [0.29, 0.717) is 12.5 Å². The van der Waals surface area contributed by atoms with Gasteiger partial charge in [0.2, 0.25) is 5.91 Å². The highest BCUT2D eigenvalue weighted by atomic mass is 16.3. The van der Waals surface area contributed by atoms with E-state index in [4.69, 9.17) is 0 Å². The van der Waals surface area contributed by atoms with Gasteiger partial charge in [0.15, 0.2) is 0 Å². The average Bonchev–Trinajstić information content (AvgIpc) is 2.90. The second kappa shape index (κ2) is 7.96. The lowest BCUT2D eigenvalue weighted by Gasteiger charge is -2.24. The van der Waals surface area contributed by atoms with Crippen molar-refractivity contribution in [1.29, 1.82) is 0 Å². The van der Waals surface area contributed by atoms with Crippen molar-refractivity contribution >= 4 is 5.91 Å². The summed E-state index contributed by atoms with van der Waals surface area (Å²) >= 11 is 0. The van der Waals surface area contributed by atoms with Crippen molar-refractivity contribution in [3.8, 4) is 0 Å². The molecule has 116 valence electrons. The Kier molecular flexibility index (Phi) is 6.26. The minimum atomic E-state index is -0.215. The third-order valence-electron chi connectivity index (χ3n) is 4.44. The van der Waals surface area contributed by atoms with Crippen LogP contribution < -0.4 is 0 Å². The molecule has 2 heterocycles. The second-order valence-corrected chi connectivity index (χ2v) is 6.08. The summed E-state index contributed by atoms with van der Waals surface area (Å²) in [5.41, 5.74) is 0. The fourth-order valence-corrected chi connectivity index (χ4v) is 3.05. The first-order valence-corrected chi connectivity index (χ1v) is 8.09. The van der Waals surface area contributed by atoms with Crippen LogP contribution in [-0.4, -0.2) is 84.2 Å². The molecule has 5 heteroatoms. The number of nitrogens with zero attached hydrogens (tertiary/aromatic N) is 3. The predicted molar refractivity (Wildman–Crippen MR) is 79.6 cm³/mol. The Bertz CT molecular complexity index is 305. The zero-order valence-electron chi connectivity index (χ0n) is 12.8. The Labute approximate surface area is 122 Å². The summed E-state index contributed by atoms with van der Waals surface area (Å²) in [5.74, 6) is 0.296. The lowest BCUT2D eigenvalue weighted by Crippen LogP contribution is -2.41. The summed E-state index contributed by atoms with van der Waals surface area (Å²) in [4.78, 5) is 18.8. The standard InChI is InChI=1S/C15H29N3O2/c1-2-14(19)12-16-6-5-7-17(11-10-16)13-15(20)18-8-3-4-9-18/h14,19H,2-13H2,1H3. The van der Waals surface area contributed by atoms with Crippen LogP contribution in [0.4, 0.5) is 0 Å². The van der Waals surface area contributed by atoms with E-state index in [1.165, 1.54) is 0 Å². The van der Waals surface area contributed by atoms with Gasteiger partial charge in [0.1, 0.15) is 0 Å². The van der Waals surface area contributed by atoms with E-state index in [1.54, 1.807) is 0 Å². The summed E-state index contributed by atoms with van der Waals surface area (Å²) in [5, 5.41) is 9.74. The van der Waals surface area contributed by atoms with Crippen LogP contribution in [0.1, 0.15) is 32.6 Å². The number of hydrogen-bond acceptors (Lipinski definition) is 4. The third kappa shape index (κ3) is 4.72. The van der Waals surface area contributed by atoms with Gasteiger partial charge >= 0.3 is 0 Å². The van der Waals surface area contributed by atoms with Gasteiger partial charge in [0.25, 0.3) is 0 Å². The second-order valence-electron chi connectivity index (χ2n) is 6.08. The molecule has 0 spiro atoms. The highest BCUT2D eigenvalue weighted by Crippen LogP contribution is 2.10. The zero-order chi connectivity index (χ0) is 14.4.